The van der Waals surface area contributed by atoms with Crippen LogP contribution in [0.3, 0.4) is 0 Å². The Morgan fingerprint density at radius 3 is 2.39 bits per heavy atom. The molecule has 5 nitrogen and oxygen atoms in total. The first-order valence-corrected chi connectivity index (χ1v) is 10.9. The number of benzene rings is 2. The van der Waals surface area contributed by atoms with E-state index in [1.165, 1.54) is 10.8 Å². The minimum Gasteiger partial charge on any atom is -0.354 e. The van der Waals surface area contributed by atoms with Crippen LogP contribution in [-0.2, 0) is 4.79 Å². The van der Waals surface area contributed by atoms with Crippen molar-refractivity contribution in [1.29, 1.82) is 0 Å². The second-order valence-electron chi connectivity index (χ2n) is 7.85. The Kier molecular flexibility index (Phi) is 7.64. The van der Waals surface area contributed by atoms with Gasteiger partial charge in [0.1, 0.15) is 5.82 Å². The molecule has 1 aliphatic rings. The van der Waals surface area contributed by atoms with E-state index >= 15 is 0 Å². The number of pyridine rings is 1. The molecule has 1 fully saturated rings. The van der Waals surface area contributed by atoms with Gasteiger partial charge < -0.3 is 15.1 Å². The van der Waals surface area contributed by atoms with Crippen LogP contribution in [-0.4, -0.2) is 48.5 Å². The van der Waals surface area contributed by atoms with Crippen molar-refractivity contribution in [3.8, 4) is 11.3 Å². The van der Waals surface area contributed by atoms with E-state index in [1.807, 2.05) is 31.2 Å². The second kappa shape index (κ2) is 10.4. The number of fused-ring (bicyclic) bond motifs is 1. The molecule has 1 N–H and O–H groups in total. The van der Waals surface area contributed by atoms with Crippen molar-refractivity contribution >= 4 is 28.2 Å². The van der Waals surface area contributed by atoms with E-state index in [2.05, 4.69) is 52.4 Å². The van der Waals surface area contributed by atoms with Gasteiger partial charge in [0.15, 0.2) is 0 Å². The molecule has 0 bridgehead atoms. The van der Waals surface area contributed by atoms with Crippen LogP contribution in [0.4, 0.5) is 11.5 Å². The number of carbonyl (C=O) groups is 1. The van der Waals surface area contributed by atoms with Gasteiger partial charge in [-0.15, -0.1) is 0 Å². The lowest BCUT2D eigenvalue weighted by atomic mass is 10.1. The van der Waals surface area contributed by atoms with Crippen LogP contribution < -0.4 is 10.2 Å². The fraction of sp³-hybridized carbons (Fsp3) is 0.385. The van der Waals surface area contributed by atoms with E-state index in [9.17, 15) is 4.79 Å². The van der Waals surface area contributed by atoms with E-state index < -0.39 is 0 Å². The third-order valence-electron chi connectivity index (χ3n) is 5.78. The second-order valence-corrected chi connectivity index (χ2v) is 7.85. The van der Waals surface area contributed by atoms with Gasteiger partial charge in [0.05, 0.1) is 5.69 Å². The van der Waals surface area contributed by atoms with Crippen molar-refractivity contribution in [2.45, 2.75) is 34.1 Å². The van der Waals surface area contributed by atoms with Gasteiger partial charge in [0, 0.05) is 49.2 Å². The standard InChI is InChI=1S/C25H30N4O.CH4/c1-3-7-24(30)26-21-12-10-19(11-13-21)23-18-20-8-5-6-9-22(20)25(27-23)29-16-14-28(4-2)15-17-29;/h5-6,8-13,18H,3-4,7,14-17H2,1-2H3,(H,26,30);1H4. The number of piperazine rings is 1. The Hall–Kier alpha value is -2.92. The number of likely N-dealkylation sites (N-methyl/N-ethyl adjacent to an activating group) is 1. The molecule has 4 rings (SSSR count). The predicted octanol–water partition coefficient (Wildman–Crippen LogP) is 5.42. The van der Waals surface area contributed by atoms with Crippen molar-refractivity contribution in [3.05, 3.63) is 54.6 Å². The van der Waals surface area contributed by atoms with E-state index in [0.29, 0.717) is 6.42 Å². The molecule has 0 unspecified atom stereocenters. The fourth-order valence-corrected chi connectivity index (χ4v) is 4.02. The summed E-state index contributed by atoms with van der Waals surface area (Å²) in [5.74, 6) is 1.13. The largest absolute Gasteiger partial charge is 0.354 e. The summed E-state index contributed by atoms with van der Waals surface area (Å²) in [6.07, 6.45) is 1.39. The molecule has 3 aromatic rings. The third-order valence-corrected chi connectivity index (χ3v) is 5.78. The van der Waals surface area contributed by atoms with Gasteiger partial charge in [-0.05, 0) is 36.6 Å². The summed E-state index contributed by atoms with van der Waals surface area (Å²) in [7, 11) is 0. The van der Waals surface area contributed by atoms with Crippen LogP contribution in [0, 0.1) is 0 Å². The molecule has 2 heterocycles. The lowest BCUT2D eigenvalue weighted by Gasteiger charge is -2.35. The van der Waals surface area contributed by atoms with Crippen LogP contribution in [0.15, 0.2) is 54.6 Å². The summed E-state index contributed by atoms with van der Waals surface area (Å²) in [4.78, 5) is 21.8. The van der Waals surface area contributed by atoms with Crippen LogP contribution in [0.1, 0.15) is 34.1 Å². The maximum absolute atomic E-state index is 11.8. The number of nitrogens with one attached hydrogen (secondary N) is 1. The quantitative estimate of drug-likeness (QED) is 0.581. The van der Waals surface area contributed by atoms with Gasteiger partial charge in [-0.25, -0.2) is 4.98 Å². The molecule has 0 saturated carbocycles. The molecule has 1 saturated heterocycles. The van der Waals surface area contributed by atoms with Crippen molar-refractivity contribution in [1.82, 2.24) is 9.88 Å². The minimum atomic E-state index is 0. The van der Waals surface area contributed by atoms with E-state index in [1.54, 1.807) is 0 Å². The Labute approximate surface area is 186 Å². The lowest BCUT2D eigenvalue weighted by molar-refractivity contribution is -0.116. The van der Waals surface area contributed by atoms with Gasteiger partial charge in [0.2, 0.25) is 5.91 Å². The van der Waals surface area contributed by atoms with Gasteiger partial charge in [-0.3, -0.25) is 4.79 Å². The maximum atomic E-state index is 11.8. The van der Waals surface area contributed by atoms with Crippen LogP contribution in [0.25, 0.3) is 22.0 Å². The number of nitrogens with zero attached hydrogens (tertiary/aromatic N) is 3. The number of carbonyl (C=O) groups excluding carboxylic acids is 1. The highest BCUT2D eigenvalue weighted by Gasteiger charge is 2.19. The maximum Gasteiger partial charge on any atom is 0.224 e. The van der Waals surface area contributed by atoms with E-state index in [4.69, 9.17) is 4.98 Å². The summed E-state index contributed by atoms with van der Waals surface area (Å²) in [6, 6.07) is 18.6. The minimum absolute atomic E-state index is 0. The van der Waals surface area contributed by atoms with Crippen LogP contribution in [0.2, 0.25) is 0 Å². The summed E-state index contributed by atoms with van der Waals surface area (Å²) in [6.45, 7) is 9.47. The van der Waals surface area contributed by atoms with Crippen molar-refractivity contribution in [2.24, 2.45) is 0 Å². The zero-order valence-electron chi connectivity index (χ0n) is 17.9. The molecule has 5 heteroatoms. The van der Waals surface area contributed by atoms with Crippen LogP contribution in [0.5, 0.6) is 0 Å². The topological polar surface area (TPSA) is 48.5 Å². The first-order valence-electron chi connectivity index (χ1n) is 10.9. The number of anilines is 2. The average molecular weight is 419 g/mol. The van der Waals surface area contributed by atoms with Crippen molar-refractivity contribution < 1.29 is 4.79 Å². The average Bonchev–Trinajstić information content (AvgIpc) is 2.79. The van der Waals surface area contributed by atoms with Gasteiger partial charge in [-0.1, -0.05) is 57.7 Å². The van der Waals surface area contributed by atoms with E-state index in [0.717, 1.165) is 61.9 Å². The fourth-order valence-electron chi connectivity index (χ4n) is 4.02. The first-order chi connectivity index (χ1) is 14.7. The highest BCUT2D eigenvalue weighted by molar-refractivity contribution is 5.95. The highest BCUT2D eigenvalue weighted by atomic mass is 16.1. The Morgan fingerprint density at radius 1 is 1.00 bits per heavy atom. The number of amides is 1. The normalized spacial score (nSPS) is 14.3. The molecule has 1 aliphatic heterocycles. The molecule has 0 radical (unpaired) electrons. The molecule has 0 aliphatic carbocycles. The Balaban J connectivity index is 0.00000272. The molecular formula is C26H34N4O. The SMILES string of the molecule is C.CCCC(=O)Nc1ccc(-c2cc3ccccc3c(N3CCN(CC)CC3)n2)cc1. The Bertz CT molecular complexity index is 1010. The molecular weight excluding hydrogens is 384 g/mol. The zero-order valence-corrected chi connectivity index (χ0v) is 17.9. The predicted molar refractivity (Wildman–Crippen MR) is 132 cm³/mol. The van der Waals surface area contributed by atoms with Crippen molar-refractivity contribution in [2.75, 3.05) is 42.9 Å². The van der Waals surface area contributed by atoms with Crippen molar-refractivity contribution in [3.63, 3.8) is 0 Å². The first kappa shape index (κ1) is 22.8. The molecule has 164 valence electrons. The van der Waals surface area contributed by atoms with Gasteiger partial charge in [-0.2, -0.15) is 0 Å². The van der Waals surface area contributed by atoms with Gasteiger partial charge in [0.25, 0.3) is 0 Å². The van der Waals surface area contributed by atoms with Gasteiger partial charge >= 0.3 is 0 Å². The van der Waals surface area contributed by atoms with Crippen LogP contribution >= 0.6 is 0 Å². The molecule has 1 amide bonds. The number of rotatable bonds is 6. The number of hydrogen-bond donors (Lipinski definition) is 1. The monoisotopic (exact) mass is 418 g/mol. The molecule has 1 aromatic heterocycles. The lowest BCUT2D eigenvalue weighted by Crippen LogP contribution is -2.46. The summed E-state index contributed by atoms with van der Waals surface area (Å²) in [5, 5.41) is 5.36. The number of hydrogen-bond acceptors (Lipinski definition) is 4. The summed E-state index contributed by atoms with van der Waals surface area (Å²) in [5.41, 5.74) is 2.85. The molecule has 2 aromatic carbocycles. The highest BCUT2D eigenvalue weighted by Crippen LogP contribution is 2.31. The smallest absolute Gasteiger partial charge is 0.224 e. The zero-order chi connectivity index (χ0) is 20.9. The summed E-state index contributed by atoms with van der Waals surface area (Å²) >= 11 is 0. The summed E-state index contributed by atoms with van der Waals surface area (Å²) < 4.78 is 0. The third kappa shape index (κ3) is 5.23. The molecule has 0 spiro atoms. The molecule has 31 heavy (non-hydrogen) atoms. The number of aromatic nitrogens is 1. The van der Waals surface area contributed by atoms with E-state index in [-0.39, 0.29) is 13.3 Å². The molecule has 0 atom stereocenters. The Morgan fingerprint density at radius 2 is 1.71 bits per heavy atom.